The van der Waals surface area contributed by atoms with Crippen LogP contribution in [-0.2, 0) is 5.41 Å². The largest absolute Gasteiger partial charge is 0.309 e. The van der Waals surface area contributed by atoms with E-state index in [4.69, 9.17) is 11.6 Å². The van der Waals surface area contributed by atoms with Crippen LogP contribution in [0.5, 0.6) is 0 Å². The van der Waals surface area contributed by atoms with Gasteiger partial charge >= 0.3 is 0 Å². The first-order chi connectivity index (χ1) is 26.5. The van der Waals surface area contributed by atoms with Gasteiger partial charge in [0.25, 0.3) is 0 Å². The molecule has 9 aromatic rings. The Labute approximate surface area is 315 Å². The van der Waals surface area contributed by atoms with Crippen LogP contribution in [0.4, 0.5) is 5.69 Å². The number of nitrogens with zero attached hydrogens (tertiary/aromatic N) is 3. The molecule has 0 unspecified atom stereocenters. The Morgan fingerprint density at radius 1 is 0.500 bits per heavy atom. The minimum absolute atomic E-state index is 0.169. The number of benzene rings is 7. The van der Waals surface area contributed by atoms with Crippen molar-refractivity contribution in [3.05, 3.63) is 198 Å². The summed E-state index contributed by atoms with van der Waals surface area (Å²) in [5.74, 6) is 0. The predicted molar refractivity (Wildman–Crippen MR) is 224 cm³/mol. The van der Waals surface area contributed by atoms with Crippen LogP contribution in [0, 0.1) is 6.57 Å². The molecule has 0 N–H and O–H groups in total. The average molecular weight is 690 g/mol. The molecule has 54 heavy (non-hydrogen) atoms. The van der Waals surface area contributed by atoms with Gasteiger partial charge in [-0.2, -0.15) is 0 Å². The van der Waals surface area contributed by atoms with Gasteiger partial charge in [0.05, 0.1) is 29.0 Å². The van der Waals surface area contributed by atoms with Crippen LogP contribution in [-0.4, -0.2) is 9.55 Å². The molecule has 3 heteroatoms. The highest BCUT2D eigenvalue weighted by molar-refractivity contribution is 6.14. The Balaban J connectivity index is 1.28. The van der Waals surface area contributed by atoms with Gasteiger partial charge in [0.1, 0.15) is 0 Å². The summed E-state index contributed by atoms with van der Waals surface area (Å²) in [6.45, 7) is 12.8. The summed E-state index contributed by atoms with van der Waals surface area (Å²) < 4.78 is 2.41. The standard InChI is InChI=1S/C51H35N3/c1-51(2)43-23-13-10-21-40(43)41-26-27-48-49(50(41)51)42-22-12-15-25-47(42)54(48)38-29-36(39-20-11-14-24-44(39)52-3)28-37(30-38)46-32-35(33-16-6-4-7-17-33)31-45(53-46)34-18-8-5-9-19-34/h4-32H,1-2H3. The first kappa shape index (κ1) is 31.7. The van der Waals surface area contributed by atoms with Gasteiger partial charge in [0, 0.05) is 33.0 Å². The minimum atomic E-state index is -0.169. The van der Waals surface area contributed by atoms with Crippen molar-refractivity contribution < 1.29 is 0 Å². The lowest BCUT2D eigenvalue weighted by Crippen LogP contribution is -2.15. The van der Waals surface area contributed by atoms with Crippen molar-refractivity contribution in [3.63, 3.8) is 0 Å². The molecule has 10 rings (SSSR count). The number of rotatable bonds is 5. The lowest BCUT2D eigenvalue weighted by atomic mass is 9.80. The molecule has 0 bridgehead atoms. The molecule has 1 aliphatic rings. The van der Waals surface area contributed by atoms with Crippen molar-refractivity contribution >= 4 is 27.5 Å². The third kappa shape index (κ3) is 4.92. The third-order valence-corrected chi connectivity index (χ3v) is 11.2. The smallest absolute Gasteiger partial charge is 0.194 e. The lowest BCUT2D eigenvalue weighted by Gasteiger charge is -2.22. The highest BCUT2D eigenvalue weighted by Crippen LogP contribution is 2.53. The van der Waals surface area contributed by atoms with E-state index in [0.717, 1.165) is 61.5 Å². The van der Waals surface area contributed by atoms with E-state index in [1.54, 1.807) is 0 Å². The van der Waals surface area contributed by atoms with Crippen molar-refractivity contribution in [2.75, 3.05) is 0 Å². The van der Waals surface area contributed by atoms with Gasteiger partial charge in [0.15, 0.2) is 5.69 Å². The zero-order chi connectivity index (χ0) is 36.4. The Kier molecular flexibility index (Phi) is 7.22. The van der Waals surface area contributed by atoms with Gasteiger partial charge in [-0.3, -0.25) is 0 Å². The highest BCUT2D eigenvalue weighted by atomic mass is 15.0. The van der Waals surface area contributed by atoms with Crippen LogP contribution in [0.3, 0.4) is 0 Å². The minimum Gasteiger partial charge on any atom is -0.309 e. The van der Waals surface area contributed by atoms with Crippen LogP contribution < -0.4 is 0 Å². The number of aromatic nitrogens is 2. The van der Waals surface area contributed by atoms with Gasteiger partial charge in [0.2, 0.25) is 0 Å². The fourth-order valence-electron chi connectivity index (χ4n) is 8.70. The first-order valence-electron chi connectivity index (χ1n) is 18.4. The Morgan fingerprint density at radius 2 is 1.13 bits per heavy atom. The molecule has 0 amide bonds. The lowest BCUT2D eigenvalue weighted by molar-refractivity contribution is 0.666. The van der Waals surface area contributed by atoms with Crippen LogP contribution in [0.2, 0.25) is 0 Å². The van der Waals surface area contributed by atoms with Gasteiger partial charge in [-0.1, -0.05) is 147 Å². The SMILES string of the molecule is [C-]#[N+]c1ccccc1-c1cc(-c2cc(-c3ccccc3)cc(-c3ccccc3)n2)cc(-n2c3ccccc3c3c4c(ccc32)-c2ccccc2C4(C)C)c1. The quantitative estimate of drug-likeness (QED) is 0.165. The van der Waals surface area contributed by atoms with E-state index in [9.17, 15) is 0 Å². The molecule has 254 valence electrons. The summed E-state index contributed by atoms with van der Waals surface area (Å²) in [7, 11) is 0. The third-order valence-electron chi connectivity index (χ3n) is 11.2. The van der Waals surface area contributed by atoms with Crippen LogP contribution in [0.1, 0.15) is 25.0 Å². The summed E-state index contributed by atoms with van der Waals surface area (Å²) in [4.78, 5) is 9.30. The Bertz CT molecular complexity index is 2900. The topological polar surface area (TPSA) is 22.2 Å². The molecule has 2 heterocycles. The zero-order valence-electron chi connectivity index (χ0n) is 30.1. The maximum Gasteiger partial charge on any atom is 0.194 e. The fraction of sp³-hybridized carbons (Fsp3) is 0.0588. The molecule has 0 spiro atoms. The van der Waals surface area contributed by atoms with Gasteiger partial charge in [-0.25, -0.2) is 9.83 Å². The summed E-state index contributed by atoms with van der Waals surface area (Å²) in [5, 5.41) is 2.52. The molecule has 1 aliphatic carbocycles. The molecular formula is C51H35N3. The van der Waals surface area contributed by atoms with E-state index in [1.807, 2.05) is 24.3 Å². The van der Waals surface area contributed by atoms with E-state index >= 15 is 0 Å². The van der Waals surface area contributed by atoms with Crippen LogP contribution >= 0.6 is 0 Å². The zero-order valence-corrected chi connectivity index (χ0v) is 30.1. The second kappa shape index (κ2) is 12.3. The molecular weight excluding hydrogens is 655 g/mol. The molecule has 0 saturated heterocycles. The second-order valence-corrected chi connectivity index (χ2v) is 14.7. The number of para-hydroxylation sites is 2. The van der Waals surface area contributed by atoms with E-state index < -0.39 is 0 Å². The maximum atomic E-state index is 8.08. The Morgan fingerprint density at radius 3 is 1.91 bits per heavy atom. The number of pyridine rings is 1. The molecule has 7 aromatic carbocycles. The molecule has 0 aliphatic heterocycles. The molecule has 0 fully saturated rings. The first-order valence-corrected chi connectivity index (χ1v) is 18.4. The molecule has 3 nitrogen and oxygen atoms in total. The highest BCUT2D eigenvalue weighted by Gasteiger charge is 2.38. The van der Waals surface area contributed by atoms with Crippen molar-refractivity contribution in [1.29, 1.82) is 0 Å². The van der Waals surface area contributed by atoms with E-state index in [1.165, 1.54) is 33.0 Å². The summed E-state index contributed by atoms with van der Waals surface area (Å²) >= 11 is 0. The normalized spacial score (nSPS) is 12.8. The van der Waals surface area contributed by atoms with Crippen LogP contribution in [0.25, 0.3) is 88.2 Å². The fourth-order valence-corrected chi connectivity index (χ4v) is 8.70. The summed E-state index contributed by atoms with van der Waals surface area (Å²) in [6.07, 6.45) is 0. The average Bonchev–Trinajstić information content (AvgIpc) is 3.69. The van der Waals surface area contributed by atoms with Crippen LogP contribution in [0.15, 0.2) is 176 Å². The number of hydrogen-bond donors (Lipinski definition) is 0. The van der Waals surface area contributed by atoms with Gasteiger partial charge in [-0.05, 0) is 87.0 Å². The van der Waals surface area contributed by atoms with E-state index in [-0.39, 0.29) is 5.41 Å². The molecule has 0 saturated carbocycles. The summed E-state index contributed by atoms with van der Waals surface area (Å²) in [6, 6.07) is 62.2. The molecule has 0 radical (unpaired) electrons. The summed E-state index contributed by atoms with van der Waals surface area (Å²) in [5.41, 5.74) is 17.1. The van der Waals surface area contributed by atoms with Crippen molar-refractivity contribution in [2.45, 2.75) is 19.3 Å². The molecule has 2 aromatic heterocycles. The van der Waals surface area contributed by atoms with Crippen molar-refractivity contribution in [1.82, 2.24) is 9.55 Å². The second-order valence-electron chi connectivity index (χ2n) is 14.7. The number of hydrogen-bond acceptors (Lipinski definition) is 1. The van der Waals surface area contributed by atoms with Crippen molar-refractivity contribution in [2.24, 2.45) is 0 Å². The van der Waals surface area contributed by atoms with E-state index in [2.05, 4.69) is 175 Å². The Hall–Kier alpha value is -7.02. The monoisotopic (exact) mass is 689 g/mol. The van der Waals surface area contributed by atoms with Crippen molar-refractivity contribution in [3.8, 4) is 61.6 Å². The van der Waals surface area contributed by atoms with Gasteiger partial charge < -0.3 is 4.57 Å². The molecule has 0 atom stereocenters. The maximum absolute atomic E-state index is 8.08. The number of fused-ring (bicyclic) bond motifs is 7. The van der Waals surface area contributed by atoms with E-state index in [0.29, 0.717) is 5.69 Å². The predicted octanol–water partition coefficient (Wildman–Crippen LogP) is 13.7. The van der Waals surface area contributed by atoms with Gasteiger partial charge in [-0.15, -0.1) is 0 Å².